The molecule has 1 fully saturated rings. The molecule has 1 amide bonds. The Balaban J connectivity index is 1.28. The molecule has 182 valence electrons. The maximum Gasteiger partial charge on any atom is 0.309 e. The van der Waals surface area contributed by atoms with Gasteiger partial charge in [-0.3, -0.25) is 9.59 Å². The second-order valence-corrected chi connectivity index (χ2v) is 10.6. The number of hydrogen-bond acceptors (Lipinski definition) is 5. The molecule has 1 aliphatic carbocycles. The topological polar surface area (TPSA) is 92.8 Å². The molecule has 10 heteroatoms. The molecule has 0 bridgehead atoms. The Labute approximate surface area is 197 Å². The Morgan fingerprint density at radius 1 is 0.971 bits per heavy atom. The first-order valence-corrected chi connectivity index (χ1v) is 12.7. The molecule has 1 heterocycles. The number of carbonyl (C=O) groups excluding carboxylic acids is 2. The van der Waals surface area contributed by atoms with Gasteiger partial charge in [-0.2, -0.15) is 4.31 Å². The van der Waals surface area contributed by atoms with Crippen molar-refractivity contribution in [3.8, 4) is 0 Å². The van der Waals surface area contributed by atoms with Crippen LogP contribution in [0.2, 0.25) is 0 Å². The van der Waals surface area contributed by atoms with Crippen LogP contribution < -0.4 is 5.32 Å². The highest BCUT2D eigenvalue weighted by molar-refractivity contribution is 7.89. The molecular weight excluding hydrogens is 466 g/mol. The van der Waals surface area contributed by atoms with Crippen LogP contribution in [-0.4, -0.2) is 44.3 Å². The third kappa shape index (κ3) is 5.61. The standard InChI is InChI=1S/C24H26F2N2O5S/c25-19-12-20(26)14-21(13-19)27-23(29)15-33-24(30)17-7-9-28(10-8-17)34(31,32)22-6-5-16-3-1-2-4-18(16)11-22/h5-6,11-14,17H,1-4,7-10,15H2,(H,27,29). The summed E-state index contributed by atoms with van der Waals surface area (Å²) < 4.78 is 59.0. The van der Waals surface area contributed by atoms with E-state index in [1.807, 2.05) is 6.07 Å². The Hall–Kier alpha value is -2.85. The Bertz CT molecular complexity index is 1170. The molecule has 0 radical (unpaired) electrons. The van der Waals surface area contributed by atoms with Gasteiger partial charge in [0, 0.05) is 24.8 Å². The average molecular weight is 493 g/mol. The summed E-state index contributed by atoms with van der Waals surface area (Å²) in [5, 5.41) is 2.26. The minimum atomic E-state index is -3.66. The van der Waals surface area contributed by atoms with Crippen LogP contribution in [0.3, 0.4) is 0 Å². The summed E-state index contributed by atoms with van der Waals surface area (Å²) in [6, 6.07) is 7.89. The van der Waals surface area contributed by atoms with E-state index in [-0.39, 0.29) is 36.5 Å². The van der Waals surface area contributed by atoms with Crippen molar-refractivity contribution >= 4 is 27.6 Å². The smallest absolute Gasteiger partial charge is 0.309 e. The van der Waals surface area contributed by atoms with Gasteiger partial charge in [-0.1, -0.05) is 6.07 Å². The first kappa shape index (κ1) is 24.3. The number of ether oxygens (including phenoxy) is 1. The highest BCUT2D eigenvalue weighted by atomic mass is 32.2. The lowest BCUT2D eigenvalue weighted by molar-refractivity contribution is -0.152. The van der Waals surface area contributed by atoms with Gasteiger partial charge < -0.3 is 10.1 Å². The van der Waals surface area contributed by atoms with Gasteiger partial charge >= 0.3 is 5.97 Å². The number of nitrogens with zero attached hydrogens (tertiary/aromatic N) is 1. The maximum absolute atomic E-state index is 13.2. The highest BCUT2D eigenvalue weighted by Crippen LogP contribution is 2.28. The molecule has 0 atom stereocenters. The van der Waals surface area contributed by atoms with Gasteiger partial charge in [0.1, 0.15) is 11.6 Å². The number of esters is 1. The van der Waals surface area contributed by atoms with Crippen LogP contribution in [0.1, 0.15) is 36.8 Å². The Morgan fingerprint density at radius 3 is 2.29 bits per heavy atom. The number of benzene rings is 2. The highest BCUT2D eigenvalue weighted by Gasteiger charge is 2.33. The van der Waals surface area contributed by atoms with Crippen LogP contribution in [-0.2, 0) is 37.2 Å². The fourth-order valence-electron chi connectivity index (χ4n) is 4.43. The van der Waals surface area contributed by atoms with Crippen LogP contribution >= 0.6 is 0 Å². The van der Waals surface area contributed by atoms with E-state index in [0.29, 0.717) is 6.07 Å². The van der Waals surface area contributed by atoms with E-state index >= 15 is 0 Å². The third-order valence-electron chi connectivity index (χ3n) is 6.24. The second-order valence-electron chi connectivity index (χ2n) is 8.63. The van der Waals surface area contributed by atoms with Crippen molar-refractivity contribution in [2.75, 3.05) is 25.0 Å². The summed E-state index contributed by atoms with van der Waals surface area (Å²) in [7, 11) is -3.66. The molecule has 1 N–H and O–H groups in total. The van der Waals surface area contributed by atoms with Crippen LogP contribution in [0.5, 0.6) is 0 Å². The SMILES string of the molecule is O=C(COC(=O)C1CCN(S(=O)(=O)c2ccc3c(c2)CCCC3)CC1)Nc1cc(F)cc(F)c1. The number of nitrogens with one attached hydrogen (secondary N) is 1. The predicted octanol–water partition coefficient (Wildman–Crippen LogP) is 3.43. The number of rotatable bonds is 6. The third-order valence-corrected chi connectivity index (χ3v) is 8.13. The van der Waals surface area contributed by atoms with Crippen LogP contribution in [0.15, 0.2) is 41.3 Å². The van der Waals surface area contributed by atoms with E-state index in [2.05, 4.69) is 5.32 Å². The minimum absolute atomic E-state index is 0.0840. The molecule has 0 unspecified atom stereocenters. The Morgan fingerprint density at radius 2 is 1.62 bits per heavy atom. The monoisotopic (exact) mass is 492 g/mol. The van der Waals surface area contributed by atoms with Gasteiger partial charge in [0.15, 0.2) is 6.61 Å². The van der Waals surface area contributed by atoms with Crippen molar-refractivity contribution < 1.29 is 31.5 Å². The average Bonchev–Trinajstić information content (AvgIpc) is 2.81. The van der Waals surface area contributed by atoms with E-state index in [0.717, 1.165) is 43.4 Å². The van der Waals surface area contributed by atoms with Gasteiger partial charge in [0.05, 0.1) is 10.8 Å². The van der Waals surface area contributed by atoms with E-state index < -0.39 is 46.1 Å². The fourth-order valence-corrected chi connectivity index (χ4v) is 5.95. The quantitative estimate of drug-likeness (QED) is 0.624. The van der Waals surface area contributed by atoms with Crippen molar-refractivity contribution in [1.82, 2.24) is 4.31 Å². The van der Waals surface area contributed by atoms with Gasteiger partial charge in [0.2, 0.25) is 10.0 Å². The van der Waals surface area contributed by atoms with Crippen molar-refractivity contribution in [2.24, 2.45) is 5.92 Å². The maximum atomic E-state index is 13.2. The summed E-state index contributed by atoms with van der Waals surface area (Å²) >= 11 is 0. The molecule has 0 spiro atoms. The number of fused-ring (bicyclic) bond motifs is 1. The van der Waals surface area contributed by atoms with Crippen LogP contribution in [0, 0.1) is 17.6 Å². The first-order chi connectivity index (χ1) is 16.2. The van der Waals surface area contributed by atoms with Crippen molar-refractivity contribution in [1.29, 1.82) is 0 Å². The number of sulfonamides is 1. The lowest BCUT2D eigenvalue weighted by Gasteiger charge is -2.30. The lowest BCUT2D eigenvalue weighted by Crippen LogP contribution is -2.41. The molecule has 1 saturated heterocycles. The number of aryl methyl sites for hydroxylation is 2. The molecule has 4 rings (SSSR count). The lowest BCUT2D eigenvalue weighted by atomic mass is 9.92. The predicted molar refractivity (Wildman–Crippen MR) is 121 cm³/mol. The van der Waals surface area contributed by atoms with E-state index in [9.17, 15) is 26.8 Å². The summed E-state index contributed by atoms with van der Waals surface area (Å²) in [6.07, 6.45) is 4.59. The van der Waals surface area contributed by atoms with Crippen LogP contribution in [0.4, 0.5) is 14.5 Å². The number of halogens is 2. The summed E-state index contributed by atoms with van der Waals surface area (Å²) in [5.74, 6) is -3.56. The summed E-state index contributed by atoms with van der Waals surface area (Å²) in [6.45, 7) is -0.257. The first-order valence-electron chi connectivity index (χ1n) is 11.3. The van der Waals surface area contributed by atoms with Gasteiger partial charge in [-0.05, 0) is 73.9 Å². The van der Waals surface area contributed by atoms with Crippen molar-refractivity contribution in [3.63, 3.8) is 0 Å². The van der Waals surface area contributed by atoms with Gasteiger partial charge in [0.25, 0.3) is 5.91 Å². The second kappa shape index (κ2) is 10.2. The molecule has 2 aromatic rings. The fraction of sp³-hybridized carbons (Fsp3) is 0.417. The largest absolute Gasteiger partial charge is 0.455 e. The molecule has 2 aromatic carbocycles. The van der Waals surface area contributed by atoms with E-state index in [1.54, 1.807) is 12.1 Å². The molecule has 34 heavy (non-hydrogen) atoms. The zero-order valence-corrected chi connectivity index (χ0v) is 19.4. The molecule has 2 aliphatic rings. The van der Waals surface area contributed by atoms with Crippen molar-refractivity contribution in [2.45, 2.75) is 43.4 Å². The van der Waals surface area contributed by atoms with Crippen LogP contribution in [0.25, 0.3) is 0 Å². The number of piperidine rings is 1. The summed E-state index contributed by atoms with van der Waals surface area (Å²) in [5.41, 5.74) is 2.21. The normalized spacial score (nSPS) is 17.1. The molecule has 0 saturated carbocycles. The minimum Gasteiger partial charge on any atom is -0.455 e. The number of carbonyl (C=O) groups is 2. The molecular formula is C24H26F2N2O5S. The van der Waals surface area contributed by atoms with E-state index in [1.165, 1.54) is 9.87 Å². The molecule has 1 aliphatic heterocycles. The van der Waals surface area contributed by atoms with Gasteiger partial charge in [-0.25, -0.2) is 17.2 Å². The molecule has 0 aromatic heterocycles. The number of anilines is 1. The van der Waals surface area contributed by atoms with Gasteiger partial charge in [-0.15, -0.1) is 0 Å². The summed E-state index contributed by atoms with van der Waals surface area (Å²) in [4.78, 5) is 24.6. The zero-order valence-electron chi connectivity index (χ0n) is 18.6. The Kier molecular flexibility index (Phi) is 7.27. The number of amides is 1. The zero-order chi connectivity index (χ0) is 24.3. The number of hydrogen-bond donors (Lipinski definition) is 1. The molecule has 7 nitrogen and oxygen atoms in total. The van der Waals surface area contributed by atoms with E-state index in [4.69, 9.17) is 4.74 Å². The van der Waals surface area contributed by atoms with Crippen molar-refractivity contribution in [3.05, 3.63) is 59.2 Å².